The van der Waals surface area contributed by atoms with Crippen LogP contribution in [0.5, 0.6) is 5.75 Å². The third-order valence-corrected chi connectivity index (χ3v) is 7.21. The highest BCUT2D eigenvalue weighted by atomic mass is 16.6. The molecule has 4 aliphatic rings. The molecular weight excluding hydrogens is 410 g/mol. The summed E-state index contributed by atoms with van der Waals surface area (Å²) in [6.45, 7) is 3.11. The fraction of sp³-hybridized carbons (Fsp3) is 0.667. The number of likely N-dealkylation sites (N-methyl/N-ethyl adjacent to an activating group) is 1. The van der Waals surface area contributed by atoms with Gasteiger partial charge in [-0.2, -0.15) is 0 Å². The predicted molar refractivity (Wildman–Crippen MR) is 119 cm³/mol. The van der Waals surface area contributed by atoms with Gasteiger partial charge in [0.25, 0.3) is 0 Å². The van der Waals surface area contributed by atoms with E-state index < -0.39 is 6.10 Å². The first kappa shape index (κ1) is 21.7. The number of aliphatic hydroxyl groups is 1. The molecule has 3 heterocycles. The Labute approximate surface area is 188 Å². The number of benzene rings is 1. The molecule has 1 aliphatic carbocycles. The highest BCUT2D eigenvalue weighted by Crippen LogP contribution is 2.47. The van der Waals surface area contributed by atoms with Crippen molar-refractivity contribution in [2.75, 3.05) is 45.2 Å². The van der Waals surface area contributed by atoms with E-state index >= 15 is 0 Å². The zero-order chi connectivity index (χ0) is 22.2. The molecule has 32 heavy (non-hydrogen) atoms. The summed E-state index contributed by atoms with van der Waals surface area (Å²) in [5, 5.41) is 13.0. The molecule has 0 radical (unpaired) electrons. The second-order valence-electron chi connectivity index (χ2n) is 9.74. The number of hydrogen-bond acceptors (Lipinski definition) is 6. The normalized spacial score (nSPS) is 29.8. The van der Waals surface area contributed by atoms with Gasteiger partial charge in [0.2, 0.25) is 11.8 Å². The van der Waals surface area contributed by atoms with Crippen molar-refractivity contribution in [3.63, 3.8) is 0 Å². The Bertz CT molecular complexity index is 865. The average Bonchev–Trinajstić information content (AvgIpc) is 3.52. The summed E-state index contributed by atoms with van der Waals surface area (Å²) < 4.78 is 12.2. The van der Waals surface area contributed by atoms with Crippen LogP contribution in [0, 0.1) is 5.92 Å². The lowest BCUT2D eigenvalue weighted by molar-refractivity contribution is -0.150. The van der Waals surface area contributed by atoms with Crippen LogP contribution in [-0.4, -0.2) is 84.9 Å². The Hall–Kier alpha value is -2.16. The van der Waals surface area contributed by atoms with Gasteiger partial charge in [-0.15, -0.1) is 0 Å². The largest absolute Gasteiger partial charge is 0.487 e. The molecule has 3 aliphatic heterocycles. The molecular formula is C24H33N3O5. The molecule has 1 saturated carbocycles. The molecule has 2 amide bonds. The fourth-order valence-corrected chi connectivity index (χ4v) is 5.14. The van der Waals surface area contributed by atoms with E-state index in [1.807, 2.05) is 23.1 Å². The maximum atomic E-state index is 12.9. The first-order chi connectivity index (χ1) is 15.5. The Morgan fingerprint density at radius 2 is 1.94 bits per heavy atom. The second-order valence-corrected chi connectivity index (χ2v) is 9.74. The minimum Gasteiger partial charge on any atom is -0.487 e. The van der Waals surface area contributed by atoms with E-state index in [4.69, 9.17) is 9.47 Å². The molecule has 2 saturated heterocycles. The number of nitrogens with one attached hydrogen (secondary N) is 1. The number of aliphatic hydroxyl groups excluding tert-OH is 1. The molecule has 2 N–H and O–H groups in total. The van der Waals surface area contributed by atoms with E-state index in [0.717, 1.165) is 56.0 Å². The summed E-state index contributed by atoms with van der Waals surface area (Å²) in [7, 11) is 2.07. The second kappa shape index (κ2) is 9.00. The lowest BCUT2D eigenvalue weighted by Gasteiger charge is -2.38. The highest BCUT2D eigenvalue weighted by molar-refractivity contribution is 5.91. The van der Waals surface area contributed by atoms with Crippen LogP contribution in [0.4, 0.5) is 5.69 Å². The van der Waals surface area contributed by atoms with Crippen LogP contribution < -0.4 is 10.1 Å². The standard InChI is InChI=1S/C24H33N3O5/c1-26-6-8-27(9-7-26)23(30)13-17-12-19-18-11-16(25-22(29)10-15-2-3-15)4-5-20(18)32-24(19)21(14-28)31-17/h4-5,11,15,17,19,21,24,28H,2-3,6-10,12-14H2,1H3,(H,25,29)/t17-,19+,21+,24-/m0/s1. The minimum absolute atomic E-state index is 0.0291. The first-order valence-corrected chi connectivity index (χ1v) is 11.8. The summed E-state index contributed by atoms with van der Waals surface area (Å²) in [5.74, 6) is 1.50. The van der Waals surface area contributed by atoms with Gasteiger partial charge in [0.15, 0.2) is 0 Å². The minimum atomic E-state index is -0.473. The molecule has 1 aromatic rings. The van der Waals surface area contributed by atoms with Crippen molar-refractivity contribution in [2.45, 2.75) is 56.3 Å². The van der Waals surface area contributed by atoms with Gasteiger partial charge in [0.05, 0.1) is 19.1 Å². The van der Waals surface area contributed by atoms with Gasteiger partial charge in [0, 0.05) is 49.8 Å². The average molecular weight is 444 g/mol. The van der Waals surface area contributed by atoms with Crippen LogP contribution in [0.15, 0.2) is 18.2 Å². The number of nitrogens with zero attached hydrogens (tertiary/aromatic N) is 2. The summed E-state index contributed by atoms with van der Waals surface area (Å²) >= 11 is 0. The van der Waals surface area contributed by atoms with Crippen molar-refractivity contribution in [3.05, 3.63) is 23.8 Å². The number of anilines is 1. The van der Waals surface area contributed by atoms with E-state index in [2.05, 4.69) is 17.3 Å². The van der Waals surface area contributed by atoms with Gasteiger partial charge in [-0.1, -0.05) is 0 Å². The van der Waals surface area contributed by atoms with Crippen LogP contribution in [0.1, 0.15) is 43.6 Å². The topological polar surface area (TPSA) is 91.3 Å². The van der Waals surface area contributed by atoms with Gasteiger partial charge in [-0.05, 0) is 50.4 Å². The Balaban J connectivity index is 1.27. The summed E-state index contributed by atoms with van der Waals surface area (Å²) in [6, 6.07) is 5.74. The van der Waals surface area contributed by atoms with Gasteiger partial charge in [0.1, 0.15) is 18.0 Å². The molecule has 0 bridgehead atoms. The van der Waals surface area contributed by atoms with Crippen molar-refractivity contribution in [1.29, 1.82) is 0 Å². The molecule has 4 atom stereocenters. The van der Waals surface area contributed by atoms with Crippen molar-refractivity contribution < 1.29 is 24.2 Å². The van der Waals surface area contributed by atoms with Crippen molar-refractivity contribution in [2.24, 2.45) is 5.92 Å². The van der Waals surface area contributed by atoms with E-state index in [1.54, 1.807) is 0 Å². The molecule has 1 aromatic carbocycles. The molecule has 3 fully saturated rings. The zero-order valence-electron chi connectivity index (χ0n) is 18.7. The van der Waals surface area contributed by atoms with Gasteiger partial charge in [-0.25, -0.2) is 0 Å². The van der Waals surface area contributed by atoms with E-state index in [-0.39, 0.29) is 36.5 Å². The summed E-state index contributed by atoms with van der Waals surface area (Å²) in [6.07, 6.45) is 2.84. The molecule has 8 heteroatoms. The van der Waals surface area contributed by atoms with E-state index in [1.165, 1.54) is 0 Å². The molecule has 5 rings (SSSR count). The molecule has 174 valence electrons. The smallest absolute Gasteiger partial charge is 0.225 e. The number of carbonyl (C=O) groups is 2. The SMILES string of the molecule is CN1CCN(C(=O)C[C@@H]2C[C@@H]3c4cc(NC(=O)CC5CC5)ccc4O[C@@H]3[C@@H](CO)O2)CC1. The number of rotatable bonds is 6. The number of hydrogen-bond donors (Lipinski definition) is 2. The zero-order valence-corrected chi connectivity index (χ0v) is 18.7. The monoisotopic (exact) mass is 443 g/mol. The lowest BCUT2D eigenvalue weighted by Crippen LogP contribution is -2.50. The summed E-state index contributed by atoms with van der Waals surface area (Å²) in [4.78, 5) is 29.2. The third kappa shape index (κ3) is 4.63. The van der Waals surface area contributed by atoms with Crippen LogP contribution >= 0.6 is 0 Å². The molecule has 0 aromatic heterocycles. The van der Waals surface area contributed by atoms with E-state index in [9.17, 15) is 14.7 Å². The first-order valence-electron chi connectivity index (χ1n) is 11.8. The third-order valence-electron chi connectivity index (χ3n) is 7.21. The van der Waals surface area contributed by atoms with Crippen molar-refractivity contribution in [1.82, 2.24) is 9.80 Å². The maximum Gasteiger partial charge on any atom is 0.225 e. The Kier molecular flexibility index (Phi) is 6.09. The van der Waals surface area contributed by atoms with Crippen LogP contribution in [0.25, 0.3) is 0 Å². The van der Waals surface area contributed by atoms with Crippen molar-refractivity contribution >= 4 is 17.5 Å². The summed E-state index contributed by atoms with van der Waals surface area (Å²) in [5.41, 5.74) is 1.80. The van der Waals surface area contributed by atoms with Crippen molar-refractivity contribution in [3.8, 4) is 5.75 Å². The van der Waals surface area contributed by atoms with Gasteiger partial charge < -0.3 is 29.7 Å². The number of ether oxygens (including phenoxy) is 2. The number of carbonyl (C=O) groups excluding carboxylic acids is 2. The fourth-order valence-electron chi connectivity index (χ4n) is 5.14. The maximum absolute atomic E-state index is 12.9. The van der Waals surface area contributed by atoms with E-state index in [0.29, 0.717) is 25.2 Å². The van der Waals surface area contributed by atoms with Crippen LogP contribution in [-0.2, 0) is 14.3 Å². The quantitative estimate of drug-likeness (QED) is 0.694. The number of fused-ring (bicyclic) bond motifs is 3. The number of amides is 2. The highest BCUT2D eigenvalue weighted by Gasteiger charge is 2.46. The predicted octanol–water partition coefficient (Wildman–Crippen LogP) is 1.58. The van der Waals surface area contributed by atoms with Gasteiger partial charge in [-0.3, -0.25) is 9.59 Å². The Morgan fingerprint density at radius 1 is 1.16 bits per heavy atom. The molecule has 8 nitrogen and oxygen atoms in total. The van der Waals surface area contributed by atoms with Gasteiger partial charge >= 0.3 is 0 Å². The van der Waals surface area contributed by atoms with Crippen LogP contribution in [0.3, 0.4) is 0 Å². The molecule has 0 spiro atoms. The lowest BCUT2D eigenvalue weighted by atomic mass is 9.84. The van der Waals surface area contributed by atoms with Crippen LogP contribution in [0.2, 0.25) is 0 Å². The Morgan fingerprint density at radius 3 is 2.66 bits per heavy atom. The molecule has 0 unspecified atom stereocenters. The number of piperazine rings is 1.